The molecule has 0 aliphatic heterocycles. The molecule has 5 heteroatoms. The predicted molar refractivity (Wildman–Crippen MR) is 88.9 cm³/mol. The number of methoxy groups -OCH3 is 1. The molecule has 1 aliphatic carbocycles. The van der Waals surface area contributed by atoms with Gasteiger partial charge in [-0.3, -0.25) is 0 Å². The largest absolute Gasteiger partial charge is 0.496 e. The van der Waals surface area contributed by atoms with E-state index in [1.165, 1.54) is 48.7 Å². The smallest absolute Gasteiger partial charge is 0.134 e. The minimum Gasteiger partial charge on any atom is -0.496 e. The number of aromatic nitrogens is 2. The average molecular weight is 318 g/mol. The van der Waals surface area contributed by atoms with Gasteiger partial charge in [-0.05, 0) is 54.9 Å². The molecular weight excluding hydrogens is 298 g/mol. The average Bonchev–Trinajstić information content (AvgIpc) is 2.54. The highest BCUT2D eigenvalue weighted by molar-refractivity contribution is 6.29. The lowest BCUT2D eigenvalue weighted by Crippen LogP contribution is -2.10. The topological polar surface area (TPSA) is 47.0 Å². The van der Waals surface area contributed by atoms with E-state index >= 15 is 0 Å². The predicted octanol–water partition coefficient (Wildman–Crippen LogP) is 3.67. The van der Waals surface area contributed by atoms with Crippen LogP contribution in [0.3, 0.4) is 0 Å². The second-order valence-electron chi connectivity index (χ2n) is 5.54. The number of nitrogens with one attached hydrogen (secondary N) is 1. The molecule has 1 N–H and O–H groups in total. The van der Waals surface area contributed by atoms with Gasteiger partial charge in [0.1, 0.15) is 23.0 Å². The summed E-state index contributed by atoms with van der Waals surface area (Å²) >= 11 is 5.86. The summed E-state index contributed by atoms with van der Waals surface area (Å²) in [5.74, 6) is 1.74. The Morgan fingerprint density at radius 3 is 2.64 bits per heavy atom. The van der Waals surface area contributed by atoms with Crippen LogP contribution < -0.4 is 10.1 Å². The third-order valence-corrected chi connectivity index (χ3v) is 4.29. The molecule has 1 heterocycles. The molecule has 22 heavy (non-hydrogen) atoms. The summed E-state index contributed by atoms with van der Waals surface area (Å²) in [6.07, 6.45) is 7.27. The SMILES string of the molecule is COc1cc2c(cc1CCNc1cc(Cl)ncn1)CCCC2. The number of halogens is 1. The maximum atomic E-state index is 5.86. The molecule has 1 aromatic carbocycles. The van der Waals surface area contributed by atoms with Crippen LogP contribution in [-0.4, -0.2) is 23.6 Å². The van der Waals surface area contributed by atoms with Crippen molar-refractivity contribution in [2.45, 2.75) is 32.1 Å². The summed E-state index contributed by atoms with van der Waals surface area (Å²) in [4.78, 5) is 8.02. The van der Waals surface area contributed by atoms with Gasteiger partial charge in [-0.2, -0.15) is 0 Å². The summed E-state index contributed by atoms with van der Waals surface area (Å²) in [5.41, 5.74) is 4.17. The lowest BCUT2D eigenvalue weighted by molar-refractivity contribution is 0.408. The fraction of sp³-hybridized carbons (Fsp3) is 0.412. The van der Waals surface area contributed by atoms with Crippen molar-refractivity contribution in [3.63, 3.8) is 0 Å². The molecule has 0 amide bonds. The molecular formula is C17H20ClN3O. The van der Waals surface area contributed by atoms with Crippen molar-refractivity contribution < 1.29 is 4.74 Å². The summed E-state index contributed by atoms with van der Waals surface area (Å²) in [5, 5.41) is 3.72. The minimum atomic E-state index is 0.448. The summed E-state index contributed by atoms with van der Waals surface area (Å²) in [7, 11) is 1.74. The molecule has 0 radical (unpaired) electrons. The molecule has 0 bridgehead atoms. The molecule has 0 saturated heterocycles. The fourth-order valence-electron chi connectivity index (χ4n) is 2.96. The Kier molecular flexibility index (Phi) is 4.78. The van der Waals surface area contributed by atoms with Crippen LogP contribution >= 0.6 is 11.6 Å². The Hall–Kier alpha value is -1.81. The zero-order valence-corrected chi connectivity index (χ0v) is 13.5. The molecule has 0 spiro atoms. The first kappa shape index (κ1) is 15.1. The lowest BCUT2D eigenvalue weighted by atomic mass is 9.89. The number of hydrogen-bond donors (Lipinski definition) is 1. The molecule has 0 atom stereocenters. The summed E-state index contributed by atoms with van der Waals surface area (Å²) in [6, 6.07) is 6.25. The number of benzene rings is 1. The van der Waals surface area contributed by atoms with E-state index in [1.807, 2.05) is 0 Å². The van der Waals surface area contributed by atoms with Crippen LogP contribution in [0.15, 0.2) is 24.5 Å². The molecule has 116 valence electrons. The molecule has 0 fully saturated rings. The van der Waals surface area contributed by atoms with Crippen LogP contribution in [0.2, 0.25) is 5.15 Å². The molecule has 2 aromatic rings. The van der Waals surface area contributed by atoms with Gasteiger partial charge in [0.05, 0.1) is 7.11 Å². The number of ether oxygens (including phenoxy) is 1. The van der Waals surface area contributed by atoms with Crippen LogP contribution in [0.4, 0.5) is 5.82 Å². The highest BCUT2D eigenvalue weighted by Crippen LogP contribution is 2.29. The Balaban J connectivity index is 1.69. The van der Waals surface area contributed by atoms with Crippen molar-refractivity contribution in [1.82, 2.24) is 9.97 Å². The Morgan fingerprint density at radius 2 is 1.91 bits per heavy atom. The van der Waals surface area contributed by atoms with Gasteiger partial charge in [0.25, 0.3) is 0 Å². The van der Waals surface area contributed by atoms with E-state index in [9.17, 15) is 0 Å². The number of fused-ring (bicyclic) bond motifs is 1. The van der Waals surface area contributed by atoms with Crippen LogP contribution in [0.25, 0.3) is 0 Å². The lowest BCUT2D eigenvalue weighted by Gasteiger charge is -2.19. The van der Waals surface area contributed by atoms with Crippen molar-refractivity contribution in [2.75, 3.05) is 19.0 Å². The number of anilines is 1. The Morgan fingerprint density at radius 1 is 1.14 bits per heavy atom. The van der Waals surface area contributed by atoms with Gasteiger partial charge in [-0.1, -0.05) is 17.7 Å². The Labute approximate surface area is 135 Å². The number of hydrogen-bond acceptors (Lipinski definition) is 4. The zero-order chi connectivity index (χ0) is 15.4. The van der Waals surface area contributed by atoms with Gasteiger partial charge in [-0.15, -0.1) is 0 Å². The fourth-order valence-corrected chi connectivity index (χ4v) is 3.10. The molecule has 1 aliphatic rings. The van der Waals surface area contributed by atoms with Crippen molar-refractivity contribution in [2.24, 2.45) is 0 Å². The van der Waals surface area contributed by atoms with Crippen LogP contribution in [0.5, 0.6) is 5.75 Å². The van der Waals surface area contributed by atoms with Crippen molar-refractivity contribution in [1.29, 1.82) is 0 Å². The molecule has 4 nitrogen and oxygen atoms in total. The molecule has 3 rings (SSSR count). The molecule has 0 saturated carbocycles. The number of rotatable bonds is 5. The first-order chi connectivity index (χ1) is 10.8. The van der Waals surface area contributed by atoms with E-state index in [-0.39, 0.29) is 0 Å². The standard InChI is InChI=1S/C17H20ClN3O/c1-22-15-9-13-5-3-2-4-12(13)8-14(15)6-7-19-17-10-16(18)20-11-21-17/h8-11H,2-7H2,1H3,(H,19,20,21). The van der Waals surface area contributed by atoms with Gasteiger partial charge < -0.3 is 10.1 Å². The van der Waals surface area contributed by atoms with Crippen molar-refractivity contribution >= 4 is 17.4 Å². The summed E-state index contributed by atoms with van der Waals surface area (Å²) < 4.78 is 5.56. The maximum absolute atomic E-state index is 5.86. The Bertz CT molecular complexity index is 660. The minimum absolute atomic E-state index is 0.448. The van der Waals surface area contributed by atoms with Gasteiger partial charge in [0.2, 0.25) is 0 Å². The molecule has 0 unspecified atom stereocenters. The van der Waals surface area contributed by atoms with Crippen molar-refractivity contribution in [3.8, 4) is 5.75 Å². The molecule has 1 aromatic heterocycles. The van der Waals surface area contributed by atoms with E-state index in [0.717, 1.165) is 24.5 Å². The third kappa shape index (κ3) is 3.50. The van der Waals surface area contributed by atoms with E-state index in [2.05, 4.69) is 27.4 Å². The van der Waals surface area contributed by atoms with Gasteiger partial charge in [-0.25, -0.2) is 9.97 Å². The maximum Gasteiger partial charge on any atom is 0.134 e. The second-order valence-corrected chi connectivity index (χ2v) is 5.93. The van der Waals surface area contributed by atoms with Gasteiger partial charge in [0, 0.05) is 12.6 Å². The van der Waals surface area contributed by atoms with E-state index in [1.54, 1.807) is 13.2 Å². The van der Waals surface area contributed by atoms with Crippen LogP contribution in [0.1, 0.15) is 29.5 Å². The van der Waals surface area contributed by atoms with E-state index < -0.39 is 0 Å². The number of nitrogens with zero attached hydrogens (tertiary/aromatic N) is 2. The number of aryl methyl sites for hydroxylation is 2. The van der Waals surface area contributed by atoms with E-state index in [0.29, 0.717) is 5.15 Å². The quantitative estimate of drug-likeness (QED) is 0.855. The van der Waals surface area contributed by atoms with E-state index in [4.69, 9.17) is 16.3 Å². The highest BCUT2D eigenvalue weighted by Gasteiger charge is 2.13. The van der Waals surface area contributed by atoms with Gasteiger partial charge in [0.15, 0.2) is 0 Å². The zero-order valence-electron chi connectivity index (χ0n) is 12.7. The summed E-state index contributed by atoms with van der Waals surface area (Å²) in [6.45, 7) is 0.780. The second kappa shape index (κ2) is 6.97. The van der Waals surface area contributed by atoms with Gasteiger partial charge >= 0.3 is 0 Å². The van der Waals surface area contributed by atoms with Crippen molar-refractivity contribution in [3.05, 3.63) is 46.4 Å². The third-order valence-electron chi connectivity index (χ3n) is 4.08. The highest BCUT2D eigenvalue weighted by atomic mass is 35.5. The van der Waals surface area contributed by atoms with Crippen LogP contribution in [-0.2, 0) is 19.3 Å². The first-order valence-electron chi connectivity index (χ1n) is 7.66. The first-order valence-corrected chi connectivity index (χ1v) is 8.04. The normalized spacial score (nSPS) is 13.5. The van der Waals surface area contributed by atoms with Crippen LogP contribution in [0, 0.1) is 0 Å². The monoisotopic (exact) mass is 317 g/mol.